The lowest BCUT2D eigenvalue weighted by Gasteiger charge is -2.39. The van der Waals surface area contributed by atoms with Crippen LogP contribution in [0, 0.1) is 0 Å². The Hall–Kier alpha value is -2.08. The Bertz CT molecular complexity index is 627. The van der Waals surface area contributed by atoms with Crippen molar-refractivity contribution in [2.75, 3.05) is 36.4 Å². The number of nitrogens with one attached hydrogen (secondary N) is 2. The van der Waals surface area contributed by atoms with E-state index in [0.717, 1.165) is 44.5 Å². The SMILES string of the molecule is c1c[nH]c(CN2CC(Nc3nccc(N4CCCCCC4)n3)C2)c1. The molecule has 0 aliphatic carbocycles. The molecule has 4 heterocycles. The van der Waals surface area contributed by atoms with Crippen LogP contribution in [0.25, 0.3) is 0 Å². The van der Waals surface area contributed by atoms with E-state index in [4.69, 9.17) is 4.98 Å². The van der Waals surface area contributed by atoms with Gasteiger partial charge in [-0.15, -0.1) is 0 Å². The number of anilines is 2. The van der Waals surface area contributed by atoms with Gasteiger partial charge in [-0.05, 0) is 31.0 Å². The van der Waals surface area contributed by atoms with Crippen molar-refractivity contribution < 1.29 is 0 Å². The normalized spacial score (nSPS) is 19.8. The third-order valence-electron chi connectivity index (χ3n) is 4.92. The molecule has 0 radical (unpaired) electrons. The lowest BCUT2D eigenvalue weighted by Crippen LogP contribution is -2.54. The lowest BCUT2D eigenvalue weighted by atomic mass is 10.1. The van der Waals surface area contributed by atoms with Gasteiger partial charge in [-0.3, -0.25) is 4.90 Å². The minimum atomic E-state index is 0.444. The summed E-state index contributed by atoms with van der Waals surface area (Å²) in [7, 11) is 0. The highest BCUT2D eigenvalue weighted by Gasteiger charge is 2.27. The third-order valence-corrected chi connectivity index (χ3v) is 4.92. The maximum absolute atomic E-state index is 4.74. The summed E-state index contributed by atoms with van der Waals surface area (Å²) in [5, 5.41) is 3.48. The zero-order valence-electron chi connectivity index (χ0n) is 14.1. The fraction of sp³-hybridized carbons (Fsp3) is 0.556. The van der Waals surface area contributed by atoms with Gasteiger partial charge in [0.25, 0.3) is 0 Å². The highest BCUT2D eigenvalue weighted by molar-refractivity contribution is 5.43. The molecular formula is C18H26N6. The smallest absolute Gasteiger partial charge is 0.224 e. The van der Waals surface area contributed by atoms with E-state index in [0.29, 0.717) is 6.04 Å². The molecule has 128 valence electrons. The Morgan fingerprint density at radius 2 is 1.96 bits per heavy atom. The molecule has 6 heteroatoms. The van der Waals surface area contributed by atoms with Crippen LogP contribution in [-0.4, -0.2) is 52.1 Å². The second-order valence-electron chi connectivity index (χ2n) is 6.87. The summed E-state index contributed by atoms with van der Waals surface area (Å²) in [6, 6.07) is 6.66. The van der Waals surface area contributed by atoms with Crippen molar-refractivity contribution in [2.24, 2.45) is 0 Å². The number of hydrogen-bond donors (Lipinski definition) is 2. The maximum atomic E-state index is 4.74. The molecule has 6 nitrogen and oxygen atoms in total. The molecule has 4 rings (SSSR count). The van der Waals surface area contributed by atoms with E-state index < -0.39 is 0 Å². The van der Waals surface area contributed by atoms with Crippen molar-refractivity contribution in [1.82, 2.24) is 19.9 Å². The Balaban J connectivity index is 1.30. The van der Waals surface area contributed by atoms with Gasteiger partial charge in [-0.2, -0.15) is 4.98 Å². The predicted octanol–water partition coefficient (Wildman–Crippen LogP) is 2.48. The molecule has 2 saturated heterocycles. The Labute approximate surface area is 143 Å². The van der Waals surface area contributed by atoms with Gasteiger partial charge < -0.3 is 15.2 Å². The van der Waals surface area contributed by atoms with Gasteiger partial charge in [0.15, 0.2) is 0 Å². The number of H-pyrrole nitrogens is 1. The minimum absolute atomic E-state index is 0.444. The van der Waals surface area contributed by atoms with Crippen LogP contribution in [0.2, 0.25) is 0 Å². The quantitative estimate of drug-likeness (QED) is 0.884. The van der Waals surface area contributed by atoms with E-state index in [1.807, 2.05) is 24.5 Å². The highest BCUT2D eigenvalue weighted by atomic mass is 15.3. The van der Waals surface area contributed by atoms with Crippen molar-refractivity contribution in [3.8, 4) is 0 Å². The summed E-state index contributed by atoms with van der Waals surface area (Å²) in [5.74, 6) is 1.83. The van der Waals surface area contributed by atoms with Crippen molar-refractivity contribution in [2.45, 2.75) is 38.3 Å². The van der Waals surface area contributed by atoms with Crippen LogP contribution in [0.3, 0.4) is 0 Å². The van der Waals surface area contributed by atoms with Crippen LogP contribution in [0.4, 0.5) is 11.8 Å². The van der Waals surface area contributed by atoms with Crippen molar-refractivity contribution in [3.05, 3.63) is 36.3 Å². The molecule has 0 aromatic carbocycles. The van der Waals surface area contributed by atoms with Crippen LogP contribution >= 0.6 is 0 Å². The third kappa shape index (κ3) is 3.70. The van der Waals surface area contributed by atoms with Crippen LogP contribution in [0.15, 0.2) is 30.6 Å². The number of hydrogen-bond acceptors (Lipinski definition) is 5. The highest BCUT2D eigenvalue weighted by Crippen LogP contribution is 2.20. The van der Waals surface area contributed by atoms with Crippen molar-refractivity contribution in [3.63, 3.8) is 0 Å². The molecule has 0 unspecified atom stereocenters. The van der Waals surface area contributed by atoms with E-state index in [2.05, 4.69) is 31.2 Å². The molecule has 0 bridgehead atoms. The molecular weight excluding hydrogens is 300 g/mol. The average molecular weight is 326 g/mol. The topological polar surface area (TPSA) is 60.1 Å². The lowest BCUT2D eigenvalue weighted by molar-refractivity contribution is 0.151. The zero-order chi connectivity index (χ0) is 16.2. The van der Waals surface area contributed by atoms with Crippen LogP contribution < -0.4 is 10.2 Å². The van der Waals surface area contributed by atoms with Gasteiger partial charge in [0, 0.05) is 50.8 Å². The van der Waals surface area contributed by atoms with Gasteiger partial charge in [0.05, 0.1) is 6.04 Å². The average Bonchev–Trinajstić information content (AvgIpc) is 2.93. The summed E-state index contributed by atoms with van der Waals surface area (Å²) >= 11 is 0. The van der Waals surface area contributed by atoms with Crippen LogP contribution in [0.5, 0.6) is 0 Å². The molecule has 2 aliphatic rings. The number of aromatic nitrogens is 3. The summed E-state index contributed by atoms with van der Waals surface area (Å²) in [4.78, 5) is 17.2. The molecule has 2 aromatic rings. The molecule has 2 N–H and O–H groups in total. The molecule has 0 spiro atoms. The first-order valence-electron chi connectivity index (χ1n) is 9.06. The summed E-state index contributed by atoms with van der Waals surface area (Å²) in [6.07, 6.45) is 9.07. The molecule has 2 fully saturated rings. The molecule has 0 atom stereocenters. The Kier molecular flexibility index (Phi) is 4.64. The van der Waals surface area contributed by atoms with E-state index in [9.17, 15) is 0 Å². The summed E-state index contributed by atoms with van der Waals surface area (Å²) in [5.41, 5.74) is 1.27. The fourth-order valence-corrected chi connectivity index (χ4v) is 3.57. The number of rotatable bonds is 5. The summed E-state index contributed by atoms with van der Waals surface area (Å²) in [6.45, 7) is 5.29. The van der Waals surface area contributed by atoms with Gasteiger partial charge in [-0.1, -0.05) is 12.8 Å². The van der Waals surface area contributed by atoms with E-state index in [1.54, 1.807) is 0 Å². The minimum Gasteiger partial charge on any atom is -0.364 e. The second kappa shape index (κ2) is 7.21. The van der Waals surface area contributed by atoms with Crippen molar-refractivity contribution >= 4 is 11.8 Å². The molecule has 2 aromatic heterocycles. The second-order valence-corrected chi connectivity index (χ2v) is 6.87. The van der Waals surface area contributed by atoms with Gasteiger partial charge in [-0.25, -0.2) is 4.98 Å². The predicted molar refractivity (Wildman–Crippen MR) is 96.2 cm³/mol. The first-order chi connectivity index (χ1) is 11.9. The first kappa shape index (κ1) is 15.4. The first-order valence-corrected chi connectivity index (χ1v) is 9.06. The number of likely N-dealkylation sites (tertiary alicyclic amines) is 1. The standard InChI is InChI=1S/C18H26N6/c1-2-4-11-24(10-3-1)17-7-9-20-18(22-17)21-16-13-23(14-16)12-15-6-5-8-19-15/h5-9,16,19H,1-4,10-14H2,(H,20,21,22). The monoisotopic (exact) mass is 326 g/mol. The van der Waals surface area contributed by atoms with Crippen molar-refractivity contribution in [1.29, 1.82) is 0 Å². The molecule has 2 aliphatic heterocycles. The number of nitrogens with zero attached hydrogens (tertiary/aromatic N) is 4. The van der Waals surface area contributed by atoms with E-state index in [-0.39, 0.29) is 0 Å². The Morgan fingerprint density at radius 1 is 1.12 bits per heavy atom. The molecule has 24 heavy (non-hydrogen) atoms. The molecule has 0 saturated carbocycles. The van der Waals surface area contributed by atoms with E-state index >= 15 is 0 Å². The largest absolute Gasteiger partial charge is 0.364 e. The van der Waals surface area contributed by atoms with Crippen LogP contribution in [0.1, 0.15) is 31.4 Å². The van der Waals surface area contributed by atoms with Gasteiger partial charge >= 0.3 is 0 Å². The number of aromatic amines is 1. The van der Waals surface area contributed by atoms with Gasteiger partial charge in [0.2, 0.25) is 5.95 Å². The maximum Gasteiger partial charge on any atom is 0.224 e. The summed E-state index contributed by atoms with van der Waals surface area (Å²) < 4.78 is 0. The molecule has 0 amide bonds. The zero-order valence-corrected chi connectivity index (χ0v) is 14.1. The van der Waals surface area contributed by atoms with Crippen LogP contribution in [-0.2, 0) is 6.54 Å². The van der Waals surface area contributed by atoms with Gasteiger partial charge in [0.1, 0.15) is 5.82 Å². The van der Waals surface area contributed by atoms with E-state index in [1.165, 1.54) is 31.4 Å². The fourth-order valence-electron chi connectivity index (χ4n) is 3.57. The Morgan fingerprint density at radius 3 is 2.71 bits per heavy atom.